The summed E-state index contributed by atoms with van der Waals surface area (Å²) in [5.74, 6) is -3.32. The molecule has 1 aliphatic heterocycles. The van der Waals surface area contributed by atoms with Gasteiger partial charge < -0.3 is 30.6 Å². The molecule has 2 fully saturated rings. The highest BCUT2D eigenvalue weighted by Crippen LogP contribution is 2.54. The first-order chi connectivity index (χ1) is 19.1. The second-order valence-corrected chi connectivity index (χ2v) is 10.8. The maximum Gasteiger partial charge on any atom is 0.341 e. The maximum atomic E-state index is 15.5. The van der Waals surface area contributed by atoms with Gasteiger partial charge in [0.1, 0.15) is 16.9 Å². The van der Waals surface area contributed by atoms with Gasteiger partial charge >= 0.3 is 5.97 Å². The number of carboxylic acids is 1. The van der Waals surface area contributed by atoms with Crippen molar-refractivity contribution in [3.63, 3.8) is 0 Å². The van der Waals surface area contributed by atoms with Crippen molar-refractivity contribution in [1.29, 1.82) is 0 Å². The summed E-state index contributed by atoms with van der Waals surface area (Å²) >= 11 is 0. The number of H-pyrrole nitrogens is 1. The summed E-state index contributed by atoms with van der Waals surface area (Å²) in [6.07, 6.45) is 6.18. The van der Waals surface area contributed by atoms with E-state index in [1.54, 1.807) is 32.6 Å². The molecule has 0 radical (unpaired) electrons. The van der Waals surface area contributed by atoms with Crippen LogP contribution in [0.4, 0.5) is 20.2 Å². The molecule has 12 heteroatoms. The van der Waals surface area contributed by atoms with Gasteiger partial charge in [-0.25, -0.2) is 23.5 Å². The SMILES string of the molecule is CNc1cc(F)c(F)c2c1[nH]c1ncc(-c3cnc4c(c3)c(=O)c(C(=O)O)cn4C)c(N3CC[C@]4(C[C@@H]4N)C3)c12. The number of nitrogens with one attached hydrogen (secondary N) is 2. The fourth-order valence-corrected chi connectivity index (χ4v) is 6.28. The molecule has 0 unspecified atom stereocenters. The smallest absolute Gasteiger partial charge is 0.341 e. The Balaban J connectivity index is 1.56. The van der Waals surface area contributed by atoms with Crippen LogP contribution in [-0.4, -0.2) is 56.8 Å². The molecular formula is C28H25F2N7O3. The average Bonchev–Trinajstić information content (AvgIpc) is 3.25. The number of pyridine rings is 3. The Labute approximate surface area is 225 Å². The zero-order valence-corrected chi connectivity index (χ0v) is 21.7. The van der Waals surface area contributed by atoms with E-state index in [0.717, 1.165) is 18.9 Å². The second kappa shape index (κ2) is 8.21. The van der Waals surface area contributed by atoms with Crippen molar-refractivity contribution in [2.45, 2.75) is 18.9 Å². The number of aromatic nitrogens is 4. The summed E-state index contributed by atoms with van der Waals surface area (Å²) in [5, 5.41) is 13.1. The first-order valence-corrected chi connectivity index (χ1v) is 12.9. The van der Waals surface area contributed by atoms with Crippen molar-refractivity contribution < 1.29 is 18.7 Å². The molecule has 10 nitrogen and oxygen atoms in total. The number of carbonyl (C=O) groups is 1. The van der Waals surface area contributed by atoms with Gasteiger partial charge in [-0.15, -0.1) is 0 Å². The van der Waals surface area contributed by atoms with Crippen molar-refractivity contribution in [2.75, 3.05) is 30.4 Å². The number of rotatable bonds is 4. The van der Waals surface area contributed by atoms with Crippen LogP contribution in [0.5, 0.6) is 0 Å². The van der Waals surface area contributed by atoms with Crippen LogP contribution >= 0.6 is 0 Å². The van der Waals surface area contributed by atoms with Gasteiger partial charge in [-0.3, -0.25) is 4.79 Å². The first kappa shape index (κ1) is 24.5. The summed E-state index contributed by atoms with van der Waals surface area (Å²) in [6, 6.07) is 2.76. The Kier molecular flexibility index (Phi) is 5.02. The Morgan fingerprint density at radius 3 is 2.70 bits per heavy atom. The van der Waals surface area contributed by atoms with E-state index in [9.17, 15) is 19.1 Å². The minimum Gasteiger partial charge on any atom is -0.477 e. The van der Waals surface area contributed by atoms with E-state index in [2.05, 4.69) is 25.2 Å². The van der Waals surface area contributed by atoms with Gasteiger partial charge in [-0.05, 0) is 18.9 Å². The predicted octanol–water partition coefficient (Wildman–Crippen LogP) is 3.58. The first-order valence-electron chi connectivity index (χ1n) is 12.9. The van der Waals surface area contributed by atoms with Gasteiger partial charge in [0.25, 0.3) is 0 Å². The number of halogens is 2. The Morgan fingerprint density at radius 1 is 1.25 bits per heavy atom. The lowest BCUT2D eigenvalue weighted by atomic mass is 10.0. The fourth-order valence-electron chi connectivity index (χ4n) is 6.28. The molecule has 1 saturated heterocycles. The minimum atomic E-state index is -1.34. The van der Waals surface area contributed by atoms with E-state index in [1.165, 1.54) is 10.8 Å². The highest BCUT2D eigenvalue weighted by molar-refractivity contribution is 6.18. The van der Waals surface area contributed by atoms with Crippen molar-refractivity contribution in [1.82, 2.24) is 19.5 Å². The van der Waals surface area contributed by atoms with Crippen LogP contribution in [0.25, 0.3) is 44.1 Å². The van der Waals surface area contributed by atoms with E-state index in [4.69, 9.17) is 5.73 Å². The number of nitrogens with two attached hydrogens (primary N) is 1. The van der Waals surface area contributed by atoms with Crippen LogP contribution < -0.4 is 21.4 Å². The number of nitrogens with zero attached hydrogens (tertiary/aromatic N) is 4. The molecule has 204 valence electrons. The molecule has 0 bridgehead atoms. The lowest BCUT2D eigenvalue weighted by Gasteiger charge is -2.24. The van der Waals surface area contributed by atoms with Crippen molar-refractivity contribution in [3.05, 3.63) is 58.1 Å². The molecule has 40 heavy (non-hydrogen) atoms. The van der Waals surface area contributed by atoms with Gasteiger partial charge in [0.05, 0.1) is 33.1 Å². The van der Waals surface area contributed by atoms with Crippen LogP contribution in [-0.2, 0) is 7.05 Å². The molecule has 5 aromatic rings. The highest BCUT2D eigenvalue weighted by atomic mass is 19.2. The van der Waals surface area contributed by atoms with Crippen molar-refractivity contribution >= 4 is 50.3 Å². The number of benzene rings is 1. The predicted molar refractivity (Wildman–Crippen MR) is 148 cm³/mol. The number of fused-ring (bicyclic) bond motifs is 4. The monoisotopic (exact) mass is 545 g/mol. The largest absolute Gasteiger partial charge is 0.477 e. The van der Waals surface area contributed by atoms with E-state index >= 15 is 4.39 Å². The Hall–Kier alpha value is -4.58. The molecule has 1 aliphatic carbocycles. The third-order valence-electron chi connectivity index (χ3n) is 8.54. The lowest BCUT2D eigenvalue weighted by Crippen LogP contribution is -2.24. The number of anilines is 2. The molecule has 5 heterocycles. The van der Waals surface area contributed by atoms with E-state index in [1.807, 2.05) is 0 Å². The minimum absolute atomic E-state index is 0.0349. The summed E-state index contributed by atoms with van der Waals surface area (Å²) < 4.78 is 31.8. The van der Waals surface area contributed by atoms with Gasteiger partial charge in [0.15, 0.2) is 11.6 Å². The lowest BCUT2D eigenvalue weighted by molar-refractivity contribution is 0.0695. The Morgan fingerprint density at radius 2 is 2.02 bits per heavy atom. The second-order valence-electron chi connectivity index (χ2n) is 10.8. The molecular weight excluding hydrogens is 520 g/mol. The molecule has 2 aliphatic rings. The molecule has 1 spiro atoms. The standard InChI is InChI=1S/C28H25F2N7O3/c1-32-17-6-16(29)21(30)19-20-23(37-4-3-28(11-37)7-18(28)31)14(9-33-25(20)35-22(17)19)12-5-13-24(38)15(27(39)40)10-36(2)26(13)34-8-12/h5-6,8-10,18,32H,3-4,7,11,31H2,1-2H3,(H,33,35)(H,39,40)/t18-,28-/m0/s1. The molecule has 4 aromatic heterocycles. The van der Waals surface area contributed by atoms with Crippen LogP contribution in [0.15, 0.2) is 35.5 Å². The third kappa shape index (κ3) is 3.28. The fraction of sp³-hybridized carbons (Fsp3) is 0.286. The van der Waals surface area contributed by atoms with Gasteiger partial charge in [0, 0.05) is 74.4 Å². The summed E-state index contributed by atoms with van der Waals surface area (Å²) in [5.41, 5.74) is 8.39. The van der Waals surface area contributed by atoms with Gasteiger partial charge in [0.2, 0.25) is 5.43 Å². The molecule has 7 rings (SSSR count). The van der Waals surface area contributed by atoms with E-state index < -0.39 is 23.0 Å². The molecule has 1 aromatic carbocycles. The van der Waals surface area contributed by atoms with Crippen molar-refractivity contribution in [2.24, 2.45) is 18.2 Å². The number of hydrogen-bond acceptors (Lipinski definition) is 7. The van der Waals surface area contributed by atoms with Crippen LogP contribution in [0.2, 0.25) is 0 Å². The number of hydrogen-bond donors (Lipinski definition) is 4. The number of aryl methyl sites for hydroxylation is 1. The Bertz CT molecular complexity index is 1990. The third-order valence-corrected chi connectivity index (χ3v) is 8.54. The highest BCUT2D eigenvalue weighted by Gasteiger charge is 2.56. The molecule has 2 atom stereocenters. The number of aromatic carboxylic acids is 1. The summed E-state index contributed by atoms with van der Waals surface area (Å²) in [4.78, 5) is 39.1. The number of carboxylic acid groups (broad SMARTS) is 1. The molecule has 0 amide bonds. The quantitative estimate of drug-likeness (QED) is 0.269. The van der Waals surface area contributed by atoms with E-state index in [-0.39, 0.29) is 27.8 Å². The average molecular weight is 546 g/mol. The van der Waals surface area contributed by atoms with Crippen LogP contribution in [0.1, 0.15) is 23.2 Å². The van der Waals surface area contributed by atoms with Crippen LogP contribution in [0.3, 0.4) is 0 Å². The maximum absolute atomic E-state index is 15.5. The van der Waals surface area contributed by atoms with Crippen LogP contribution in [0, 0.1) is 17.0 Å². The zero-order chi connectivity index (χ0) is 28.1. The van der Waals surface area contributed by atoms with Crippen molar-refractivity contribution in [3.8, 4) is 11.1 Å². The molecule has 1 saturated carbocycles. The van der Waals surface area contributed by atoms with Gasteiger partial charge in [-0.2, -0.15) is 0 Å². The normalized spacial score (nSPS) is 20.3. The summed E-state index contributed by atoms with van der Waals surface area (Å²) in [7, 11) is 3.24. The zero-order valence-electron chi connectivity index (χ0n) is 21.7. The van der Waals surface area contributed by atoms with E-state index in [0.29, 0.717) is 57.8 Å². The summed E-state index contributed by atoms with van der Waals surface area (Å²) in [6.45, 7) is 1.28. The van der Waals surface area contributed by atoms with Gasteiger partial charge in [-0.1, -0.05) is 0 Å². The number of aromatic amines is 1. The molecule has 5 N–H and O–H groups in total. The topological polar surface area (TPSA) is 142 Å².